The lowest BCUT2D eigenvalue weighted by Crippen LogP contribution is -2.01. The van der Waals surface area contributed by atoms with Crippen LogP contribution < -0.4 is 4.74 Å². The average Bonchev–Trinajstić information content (AvgIpc) is 2.96. The summed E-state index contributed by atoms with van der Waals surface area (Å²) in [4.78, 5) is 14.6. The minimum Gasteiger partial charge on any atom is -0.489 e. The Morgan fingerprint density at radius 1 is 1.20 bits per heavy atom. The zero-order chi connectivity index (χ0) is 13.9. The van der Waals surface area contributed by atoms with E-state index in [0.29, 0.717) is 12.2 Å². The van der Waals surface area contributed by atoms with Crippen LogP contribution in [0.2, 0.25) is 0 Å². The fourth-order valence-corrected chi connectivity index (χ4v) is 2.44. The number of aldehydes is 1. The Morgan fingerprint density at radius 2 is 2.00 bits per heavy atom. The number of para-hydroxylation sites is 1. The number of aryl methyl sites for hydroxylation is 1. The second-order valence-corrected chi connectivity index (χ2v) is 4.75. The quantitative estimate of drug-likeness (QED) is 0.728. The number of benzene rings is 2. The average molecular weight is 265 g/mol. The van der Waals surface area contributed by atoms with E-state index >= 15 is 0 Å². The maximum absolute atomic E-state index is 11.4. The number of hydrogen-bond donors (Lipinski definition) is 1. The molecule has 0 amide bonds. The second kappa shape index (κ2) is 5.21. The van der Waals surface area contributed by atoms with Gasteiger partial charge in [-0.05, 0) is 36.8 Å². The first kappa shape index (κ1) is 12.5. The number of aromatic amines is 1. The fraction of sp³-hybridized carbons (Fsp3) is 0.118. The van der Waals surface area contributed by atoms with Crippen molar-refractivity contribution in [2.45, 2.75) is 13.5 Å². The normalized spacial score (nSPS) is 10.7. The molecule has 1 heterocycles. The minimum atomic E-state index is 0.389. The number of rotatable bonds is 4. The van der Waals surface area contributed by atoms with Crippen molar-refractivity contribution in [3.8, 4) is 5.75 Å². The van der Waals surface area contributed by atoms with Crippen LogP contribution in [-0.4, -0.2) is 11.3 Å². The Bertz CT molecular complexity index is 744. The third-order valence-corrected chi connectivity index (χ3v) is 3.42. The van der Waals surface area contributed by atoms with Crippen LogP contribution in [0.3, 0.4) is 0 Å². The van der Waals surface area contributed by atoms with Gasteiger partial charge in [0.1, 0.15) is 12.4 Å². The molecule has 0 radical (unpaired) electrons. The molecular formula is C17H15NO2. The molecular weight excluding hydrogens is 250 g/mol. The molecule has 0 aliphatic rings. The SMILES string of the molecule is Cc1cc(COc2ccccc2)c(C=O)c2cc[nH]c12. The molecule has 0 aliphatic heterocycles. The van der Waals surface area contributed by atoms with Crippen molar-refractivity contribution in [1.82, 2.24) is 4.98 Å². The van der Waals surface area contributed by atoms with E-state index in [2.05, 4.69) is 4.98 Å². The molecule has 0 unspecified atom stereocenters. The molecule has 0 saturated carbocycles. The van der Waals surface area contributed by atoms with E-state index in [1.165, 1.54) is 0 Å². The number of nitrogens with one attached hydrogen (secondary N) is 1. The first-order valence-electron chi connectivity index (χ1n) is 6.52. The lowest BCUT2D eigenvalue weighted by molar-refractivity contribution is 0.112. The van der Waals surface area contributed by atoms with E-state index in [-0.39, 0.29) is 0 Å². The highest BCUT2D eigenvalue weighted by molar-refractivity contribution is 5.99. The van der Waals surface area contributed by atoms with Gasteiger partial charge in [0.25, 0.3) is 0 Å². The van der Waals surface area contributed by atoms with Crippen molar-refractivity contribution >= 4 is 17.2 Å². The highest BCUT2D eigenvalue weighted by Gasteiger charge is 2.11. The van der Waals surface area contributed by atoms with Crippen molar-refractivity contribution in [3.63, 3.8) is 0 Å². The number of aromatic nitrogens is 1. The van der Waals surface area contributed by atoms with E-state index < -0.39 is 0 Å². The van der Waals surface area contributed by atoms with Crippen LogP contribution in [0.4, 0.5) is 0 Å². The standard InChI is InChI=1S/C17H15NO2/c1-12-9-13(11-20-14-5-3-2-4-6-14)16(10-19)15-7-8-18-17(12)15/h2-10,18H,11H2,1H3. The third kappa shape index (κ3) is 2.18. The van der Waals surface area contributed by atoms with Crippen LogP contribution in [-0.2, 0) is 6.61 Å². The van der Waals surface area contributed by atoms with Gasteiger partial charge in [0.2, 0.25) is 0 Å². The van der Waals surface area contributed by atoms with E-state index in [0.717, 1.165) is 34.1 Å². The van der Waals surface area contributed by atoms with E-state index in [1.807, 2.05) is 55.6 Å². The number of fused-ring (bicyclic) bond motifs is 1. The lowest BCUT2D eigenvalue weighted by Gasteiger charge is -2.10. The highest BCUT2D eigenvalue weighted by atomic mass is 16.5. The van der Waals surface area contributed by atoms with E-state index in [1.54, 1.807) is 0 Å². The molecule has 3 aromatic rings. The number of H-pyrrole nitrogens is 1. The van der Waals surface area contributed by atoms with Crippen molar-refractivity contribution in [3.05, 3.63) is 65.4 Å². The monoisotopic (exact) mass is 265 g/mol. The number of hydrogen-bond acceptors (Lipinski definition) is 2. The van der Waals surface area contributed by atoms with Gasteiger partial charge in [0.05, 0.1) is 0 Å². The first-order chi connectivity index (χ1) is 9.79. The smallest absolute Gasteiger partial charge is 0.151 e. The molecule has 3 heteroatoms. The zero-order valence-corrected chi connectivity index (χ0v) is 11.2. The number of carbonyl (C=O) groups excluding carboxylic acids is 1. The van der Waals surface area contributed by atoms with Gasteiger partial charge in [0.15, 0.2) is 6.29 Å². The van der Waals surface area contributed by atoms with Gasteiger partial charge in [-0.15, -0.1) is 0 Å². The summed E-state index contributed by atoms with van der Waals surface area (Å²) in [7, 11) is 0. The van der Waals surface area contributed by atoms with Crippen molar-refractivity contribution in [2.75, 3.05) is 0 Å². The van der Waals surface area contributed by atoms with Gasteiger partial charge in [-0.3, -0.25) is 4.79 Å². The van der Waals surface area contributed by atoms with Gasteiger partial charge in [-0.1, -0.05) is 18.2 Å². The van der Waals surface area contributed by atoms with Gasteiger partial charge in [0, 0.05) is 28.2 Å². The summed E-state index contributed by atoms with van der Waals surface area (Å²) in [5.74, 6) is 0.802. The Morgan fingerprint density at radius 3 is 2.75 bits per heavy atom. The van der Waals surface area contributed by atoms with Crippen molar-refractivity contribution in [1.29, 1.82) is 0 Å². The van der Waals surface area contributed by atoms with Crippen molar-refractivity contribution < 1.29 is 9.53 Å². The topological polar surface area (TPSA) is 42.1 Å². The number of ether oxygens (including phenoxy) is 1. The van der Waals surface area contributed by atoms with Crippen LogP contribution in [0, 0.1) is 6.92 Å². The largest absolute Gasteiger partial charge is 0.489 e. The van der Waals surface area contributed by atoms with E-state index in [4.69, 9.17) is 4.74 Å². The summed E-state index contributed by atoms with van der Waals surface area (Å²) < 4.78 is 5.75. The summed E-state index contributed by atoms with van der Waals surface area (Å²) in [6.45, 7) is 2.42. The van der Waals surface area contributed by atoms with Crippen LogP contribution >= 0.6 is 0 Å². The van der Waals surface area contributed by atoms with Crippen LogP contribution in [0.1, 0.15) is 21.5 Å². The van der Waals surface area contributed by atoms with Crippen LogP contribution in [0.5, 0.6) is 5.75 Å². The summed E-state index contributed by atoms with van der Waals surface area (Å²) in [6.07, 6.45) is 2.76. The van der Waals surface area contributed by atoms with Crippen molar-refractivity contribution in [2.24, 2.45) is 0 Å². The van der Waals surface area contributed by atoms with Gasteiger partial charge < -0.3 is 9.72 Å². The molecule has 20 heavy (non-hydrogen) atoms. The Hall–Kier alpha value is -2.55. The molecule has 2 aromatic carbocycles. The Labute approximate surface area is 117 Å². The molecule has 3 rings (SSSR count). The molecule has 0 spiro atoms. The molecule has 0 saturated heterocycles. The van der Waals surface area contributed by atoms with Gasteiger partial charge >= 0.3 is 0 Å². The second-order valence-electron chi connectivity index (χ2n) is 4.75. The van der Waals surface area contributed by atoms with Crippen LogP contribution in [0.25, 0.3) is 10.9 Å². The number of carbonyl (C=O) groups is 1. The lowest BCUT2D eigenvalue weighted by atomic mass is 10.0. The summed E-state index contributed by atoms with van der Waals surface area (Å²) in [5, 5.41) is 0.951. The molecule has 1 aromatic heterocycles. The highest BCUT2D eigenvalue weighted by Crippen LogP contribution is 2.25. The minimum absolute atomic E-state index is 0.389. The molecule has 0 bridgehead atoms. The summed E-state index contributed by atoms with van der Waals surface area (Å²) >= 11 is 0. The molecule has 0 fully saturated rings. The summed E-state index contributed by atoms with van der Waals surface area (Å²) in [6, 6.07) is 13.5. The predicted octanol–water partition coefficient (Wildman–Crippen LogP) is 3.87. The van der Waals surface area contributed by atoms with Crippen LogP contribution in [0.15, 0.2) is 48.7 Å². The summed E-state index contributed by atoms with van der Waals surface area (Å²) in [5.41, 5.74) is 3.73. The predicted molar refractivity (Wildman–Crippen MR) is 79.2 cm³/mol. The molecule has 0 atom stereocenters. The maximum atomic E-state index is 11.4. The molecule has 0 aliphatic carbocycles. The zero-order valence-electron chi connectivity index (χ0n) is 11.2. The Balaban J connectivity index is 1.96. The Kier molecular flexibility index (Phi) is 3.25. The third-order valence-electron chi connectivity index (χ3n) is 3.42. The molecule has 1 N–H and O–H groups in total. The van der Waals surface area contributed by atoms with Gasteiger partial charge in [-0.25, -0.2) is 0 Å². The maximum Gasteiger partial charge on any atom is 0.151 e. The fourth-order valence-electron chi connectivity index (χ4n) is 2.44. The van der Waals surface area contributed by atoms with E-state index in [9.17, 15) is 4.79 Å². The first-order valence-corrected chi connectivity index (χ1v) is 6.52. The van der Waals surface area contributed by atoms with Gasteiger partial charge in [-0.2, -0.15) is 0 Å². The molecule has 100 valence electrons. The molecule has 3 nitrogen and oxygen atoms in total.